The van der Waals surface area contributed by atoms with Crippen molar-refractivity contribution in [1.82, 2.24) is 0 Å². The van der Waals surface area contributed by atoms with Crippen molar-refractivity contribution in [1.29, 1.82) is 0 Å². The first-order valence-electron chi connectivity index (χ1n) is 2.24. The van der Waals surface area contributed by atoms with Crippen LogP contribution < -0.4 is 0 Å². The van der Waals surface area contributed by atoms with Crippen LogP contribution in [0.5, 0.6) is 0 Å². The van der Waals surface area contributed by atoms with Gasteiger partial charge in [0.15, 0.2) is 0 Å². The number of hydrogen-bond donors (Lipinski definition) is 0. The largest absolute Gasteiger partial charge is 0.282 e. The zero-order chi connectivity index (χ0) is 10.3. The minimum Gasteiger partial charge on any atom is -0.282 e. The molecule has 0 aromatic carbocycles. The van der Waals surface area contributed by atoms with Crippen molar-refractivity contribution in [2.75, 3.05) is 0 Å². The average molecular weight is 351 g/mol. The van der Waals surface area contributed by atoms with Crippen LogP contribution in [0, 0.1) is 0 Å². The maximum absolute atomic E-state index is 11.3. The second-order valence-electron chi connectivity index (χ2n) is 1.21. The summed E-state index contributed by atoms with van der Waals surface area (Å²) in [5.41, 5.74) is -2.05. The summed E-state index contributed by atoms with van der Waals surface area (Å²) >= 11 is 13.7. The van der Waals surface area contributed by atoms with Crippen LogP contribution in [-0.2, 0) is 9.59 Å². The van der Waals surface area contributed by atoms with E-state index < -0.39 is 20.6 Å². The van der Waals surface area contributed by atoms with Gasteiger partial charge in [-0.3, -0.25) is 9.59 Å². The van der Waals surface area contributed by atoms with Gasteiger partial charge in [-0.15, -0.1) is 0 Å². The molecule has 0 N–H and O–H groups in total. The van der Waals surface area contributed by atoms with Crippen LogP contribution in [0.2, 0.25) is 0 Å². The fraction of sp³-hybridized carbons (Fsp3) is 0.500. The molecule has 0 aromatic rings. The molecule has 0 heterocycles. The van der Waals surface area contributed by atoms with Crippen LogP contribution in [0.25, 0.3) is 0 Å². The van der Waals surface area contributed by atoms with Crippen molar-refractivity contribution in [2.45, 2.75) is 10.7 Å². The molecule has 12 heavy (non-hydrogen) atoms. The van der Waals surface area contributed by atoms with Gasteiger partial charge in [0.1, 0.15) is 0 Å². The van der Waals surface area contributed by atoms with Gasteiger partial charge in [-0.25, -0.2) is 8.78 Å². The predicted molar refractivity (Wildman–Crippen MR) is 49.4 cm³/mol. The lowest BCUT2D eigenvalue weighted by Crippen LogP contribution is -1.97. The molecule has 0 radical (unpaired) electrons. The lowest BCUT2D eigenvalue weighted by atomic mass is 10.9. The Bertz CT molecular complexity index is 147. The fourth-order valence-electron chi connectivity index (χ4n) is 0. The molecule has 72 valence electrons. The van der Waals surface area contributed by atoms with E-state index in [1.807, 2.05) is 0 Å². The normalized spacial score (nSPS) is 13.8. The summed E-state index contributed by atoms with van der Waals surface area (Å²) in [4.78, 5) is 19.0. The van der Waals surface area contributed by atoms with Gasteiger partial charge in [0.25, 0.3) is 5.24 Å². The second-order valence-corrected chi connectivity index (χ2v) is 3.55. The van der Waals surface area contributed by atoms with E-state index in [1.54, 1.807) is 0 Å². The van der Waals surface area contributed by atoms with Gasteiger partial charge in [-0.05, 0) is 43.5 Å². The van der Waals surface area contributed by atoms with Crippen molar-refractivity contribution >= 4 is 65.0 Å². The summed E-state index contributed by atoms with van der Waals surface area (Å²) in [5.74, 6) is 0. The molecule has 0 rings (SSSR count). The standard InChI is InChI=1S/C2HBr2FO.C2HCl2FO/c2*3-1(5)2(4)6/h2*1H. The van der Waals surface area contributed by atoms with Gasteiger partial charge in [-0.2, -0.15) is 0 Å². The van der Waals surface area contributed by atoms with Crippen LogP contribution >= 0.6 is 55.1 Å². The van der Waals surface area contributed by atoms with Gasteiger partial charge in [0.2, 0.25) is 15.4 Å². The molecule has 0 aliphatic rings. The van der Waals surface area contributed by atoms with Crippen LogP contribution in [-0.4, -0.2) is 20.6 Å². The van der Waals surface area contributed by atoms with E-state index in [2.05, 4.69) is 55.1 Å². The maximum atomic E-state index is 11.3. The Morgan fingerprint density at radius 1 is 1.33 bits per heavy atom. The Morgan fingerprint density at radius 2 is 1.50 bits per heavy atom. The third-order valence-electron chi connectivity index (χ3n) is 0.343. The number of rotatable bonds is 2. The van der Waals surface area contributed by atoms with Gasteiger partial charge >= 0.3 is 0 Å². The van der Waals surface area contributed by atoms with E-state index in [-0.39, 0.29) is 0 Å². The minimum absolute atomic E-state index is 0.678. The number of hydrogen-bond acceptors (Lipinski definition) is 2. The summed E-state index contributed by atoms with van der Waals surface area (Å²) in [6.07, 6.45) is 0. The monoisotopic (exact) mass is 348 g/mol. The highest BCUT2D eigenvalue weighted by Gasteiger charge is 2.06. The van der Waals surface area contributed by atoms with Gasteiger partial charge in [0.05, 0.1) is 0 Å². The van der Waals surface area contributed by atoms with Crippen molar-refractivity contribution in [3.8, 4) is 0 Å². The zero-order valence-electron chi connectivity index (χ0n) is 5.24. The molecule has 0 aromatic heterocycles. The van der Waals surface area contributed by atoms with Crippen LogP contribution in [0.1, 0.15) is 0 Å². The molecule has 0 saturated carbocycles. The SMILES string of the molecule is O=C(Br)C(F)Br.O=C(Cl)C(F)Cl. The third-order valence-corrected chi connectivity index (χ3v) is 2.28. The van der Waals surface area contributed by atoms with E-state index in [9.17, 15) is 18.4 Å². The Balaban J connectivity index is 0. The Kier molecular flexibility index (Phi) is 10.6. The molecular formula is C4H2Br2Cl2F2O2. The van der Waals surface area contributed by atoms with Gasteiger partial charge in [-0.1, -0.05) is 11.6 Å². The molecule has 0 saturated heterocycles. The lowest BCUT2D eigenvalue weighted by Gasteiger charge is -1.82. The van der Waals surface area contributed by atoms with Crippen molar-refractivity contribution in [3.05, 3.63) is 0 Å². The number of alkyl halides is 4. The van der Waals surface area contributed by atoms with Crippen molar-refractivity contribution in [2.24, 2.45) is 0 Å². The van der Waals surface area contributed by atoms with E-state index >= 15 is 0 Å². The second kappa shape index (κ2) is 8.34. The summed E-state index contributed by atoms with van der Waals surface area (Å²) in [6.45, 7) is 0. The molecule has 2 nitrogen and oxygen atoms in total. The summed E-state index contributed by atoms with van der Waals surface area (Å²) < 4.78 is 21.8. The van der Waals surface area contributed by atoms with Crippen LogP contribution in [0.4, 0.5) is 8.78 Å². The smallest absolute Gasteiger partial charge is 0.271 e. The molecule has 8 heteroatoms. The maximum Gasteiger partial charge on any atom is 0.271 e. The molecular weight excluding hydrogens is 349 g/mol. The topological polar surface area (TPSA) is 34.1 Å². The molecule has 0 fully saturated rings. The van der Waals surface area contributed by atoms with Crippen LogP contribution in [0.3, 0.4) is 0 Å². The van der Waals surface area contributed by atoms with E-state index in [4.69, 9.17) is 0 Å². The van der Waals surface area contributed by atoms with E-state index in [0.717, 1.165) is 0 Å². The van der Waals surface area contributed by atoms with Gasteiger partial charge in [0, 0.05) is 0 Å². The molecule has 2 unspecified atom stereocenters. The molecule has 0 aliphatic carbocycles. The third kappa shape index (κ3) is 13.3. The first kappa shape index (κ1) is 15.2. The highest BCUT2D eigenvalue weighted by molar-refractivity contribution is 9.19. The Morgan fingerprint density at radius 3 is 1.50 bits per heavy atom. The van der Waals surface area contributed by atoms with Crippen LogP contribution in [0.15, 0.2) is 0 Å². The van der Waals surface area contributed by atoms with Crippen molar-refractivity contribution < 1.29 is 18.4 Å². The van der Waals surface area contributed by atoms with E-state index in [0.29, 0.717) is 0 Å². The summed E-state index contributed by atoms with van der Waals surface area (Å²) in [6, 6.07) is 0. The highest BCUT2D eigenvalue weighted by Crippen LogP contribution is 2.05. The number of carbonyl (C=O) groups is 2. The zero-order valence-corrected chi connectivity index (χ0v) is 9.92. The fourth-order valence-corrected chi connectivity index (χ4v) is 0. The molecule has 0 spiro atoms. The molecule has 0 amide bonds. The first-order chi connectivity index (χ1) is 5.29. The Labute approximate surface area is 93.8 Å². The molecule has 2 atom stereocenters. The summed E-state index contributed by atoms with van der Waals surface area (Å²) in [7, 11) is 0. The predicted octanol–water partition coefficient (Wildman–Crippen LogP) is 2.88. The number of carbonyl (C=O) groups excluding carboxylic acids is 2. The average Bonchev–Trinajstić information content (AvgIpc) is 1.88. The minimum atomic E-state index is -2.05. The first-order valence-corrected chi connectivity index (χ1v) is 4.76. The highest BCUT2D eigenvalue weighted by atomic mass is 79.9. The molecule has 0 aliphatic heterocycles. The molecule has 0 bridgehead atoms. The van der Waals surface area contributed by atoms with E-state index in [1.165, 1.54) is 0 Å². The summed E-state index contributed by atoms with van der Waals surface area (Å²) in [5, 5.41) is -2.73. The quantitative estimate of drug-likeness (QED) is 0.567. The lowest BCUT2D eigenvalue weighted by molar-refractivity contribution is -0.113. The van der Waals surface area contributed by atoms with Crippen molar-refractivity contribution in [3.63, 3.8) is 0 Å². The number of halogens is 6. The Hall–Kier alpha value is 0.740. The van der Waals surface area contributed by atoms with Gasteiger partial charge < -0.3 is 0 Å².